The van der Waals surface area contributed by atoms with E-state index in [1.807, 2.05) is 5.32 Å². The van der Waals surface area contributed by atoms with Gasteiger partial charge < -0.3 is 15.2 Å². The molecule has 0 unspecified atom stereocenters. The fourth-order valence-electron chi connectivity index (χ4n) is 2.02. The van der Waals surface area contributed by atoms with Crippen molar-refractivity contribution in [1.29, 1.82) is 0 Å². The van der Waals surface area contributed by atoms with Gasteiger partial charge in [0.15, 0.2) is 5.82 Å². The van der Waals surface area contributed by atoms with Crippen molar-refractivity contribution in [2.45, 2.75) is 31.5 Å². The number of hydrogen-bond donors (Lipinski definition) is 2. The van der Waals surface area contributed by atoms with Gasteiger partial charge in [-0.25, -0.2) is 9.18 Å². The molecule has 1 aliphatic rings. The van der Waals surface area contributed by atoms with Crippen molar-refractivity contribution >= 4 is 11.7 Å². The summed E-state index contributed by atoms with van der Waals surface area (Å²) in [7, 11) is 0. The number of nitrogens with one attached hydrogen (secondary N) is 2. The predicted octanol–water partition coefficient (Wildman–Crippen LogP) is 3.43. The molecule has 1 heterocycles. The first-order chi connectivity index (χ1) is 11.3. The molecular weight excluding hydrogens is 332 g/mol. The van der Waals surface area contributed by atoms with Gasteiger partial charge in [-0.3, -0.25) is 0 Å². The fraction of sp³-hybridized carbons (Fsp3) is 0.357. The Balaban J connectivity index is 1.62. The van der Waals surface area contributed by atoms with E-state index in [9.17, 15) is 22.4 Å². The standard InChI is InChI=1S/C14H12F4N4O2/c15-8-3-4-10(9(5-8)14(16,17)18)20-13(23)19-6-11-21-12(24-22-11)7-1-2-7/h3-5,7H,1-2,6H2,(H2,19,20,23). The molecule has 0 saturated heterocycles. The molecule has 0 spiro atoms. The lowest BCUT2D eigenvalue weighted by molar-refractivity contribution is -0.137. The Kier molecular flexibility index (Phi) is 4.12. The molecule has 2 N–H and O–H groups in total. The van der Waals surface area contributed by atoms with Gasteiger partial charge in [0.1, 0.15) is 5.82 Å². The van der Waals surface area contributed by atoms with E-state index in [-0.39, 0.29) is 18.3 Å². The van der Waals surface area contributed by atoms with Crippen LogP contribution in [0.2, 0.25) is 0 Å². The summed E-state index contributed by atoms with van der Waals surface area (Å²) in [5, 5.41) is 8.02. The van der Waals surface area contributed by atoms with Crippen molar-refractivity contribution in [1.82, 2.24) is 15.5 Å². The van der Waals surface area contributed by atoms with E-state index in [2.05, 4.69) is 15.5 Å². The number of urea groups is 1. The van der Waals surface area contributed by atoms with Crippen LogP contribution in [0.4, 0.5) is 28.0 Å². The lowest BCUT2D eigenvalue weighted by atomic mass is 10.1. The summed E-state index contributed by atoms with van der Waals surface area (Å²) in [6, 6.07) is 1.09. The molecule has 3 rings (SSSR count). The molecule has 1 aromatic carbocycles. The van der Waals surface area contributed by atoms with Gasteiger partial charge in [-0.2, -0.15) is 18.2 Å². The van der Waals surface area contributed by atoms with Gasteiger partial charge in [-0.05, 0) is 31.0 Å². The summed E-state index contributed by atoms with van der Waals surface area (Å²) in [5.74, 6) is -0.0753. The van der Waals surface area contributed by atoms with E-state index in [0.717, 1.165) is 25.0 Å². The summed E-state index contributed by atoms with van der Waals surface area (Å²) in [5.41, 5.74) is -1.82. The summed E-state index contributed by atoms with van der Waals surface area (Å²) in [4.78, 5) is 15.8. The SMILES string of the molecule is O=C(NCc1noc(C2CC2)n1)Nc1ccc(F)cc1C(F)(F)F. The second-order valence-corrected chi connectivity index (χ2v) is 5.32. The monoisotopic (exact) mass is 344 g/mol. The zero-order valence-corrected chi connectivity index (χ0v) is 12.2. The average molecular weight is 344 g/mol. The third kappa shape index (κ3) is 3.81. The topological polar surface area (TPSA) is 80.1 Å². The van der Waals surface area contributed by atoms with Crippen LogP contribution in [0.1, 0.15) is 36.0 Å². The van der Waals surface area contributed by atoms with Crippen LogP contribution in [0.15, 0.2) is 22.7 Å². The van der Waals surface area contributed by atoms with Crippen LogP contribution >= 0.6 is 0 Å². The maximum Gasteiger partial charge on any atom is 0.418 e. The summed E-state index contributed by atoms with van der Waals surface area (Å²) in [6.07, 6.45) is -2.85. The maximum absolute atomic E-state index is 13.0. The van der Waals surface area contributed by atoms with Crippen molar-refractivity contribution in [2.24, 2.45) is 0 Å². The highest BCUT2D eigenvalue weighted by molar-refractivity contribution is 5.90. The van der Waals surface area contributed by atoms with E-state index in [4.69, 9.17) is 4.52 Å². The van der Waals surface area contributed by atoms with Gasteiger partial charge in [-0.15, -0.1) is 0 Å². The predicted molar refractivity (Wildman–Crippen MR) is 73.5 cm³/mol. The van der Waals surface area contributed by atoms with Crippen LogP contribution in [0.25, 0.3) is 0 Å². The Bertz CT molecular complexity index is 755. The molecule has 0 radical (unpaired) electrons. The van der Waals surface area contributed by atoms with Crippen molar-refractivity contribution in [2.75, 3.05) is 5.32 Å². The summed E-state index contributed by atoms with van der Waals surface area (Å²) < 4.78 is 56.5. The van der Waals surface area contributed by atoms with Gasteiger partial charge in [0.2, 0.25) is 5.89 Å². The van der Waals surface area contributed by atoms with Gasteiger partial charge in [0.25, 0.3) is 0 Å². The van der Waals surface area contributed by atoms with E-state index < -0.39 is 29.3 Å². The minimum atomic E-state index is -4.79. The number of halogens is 4. The third-order valence-corrected chi connectivity index (χ3v) is 3.35. The van der Waals surface area contributed by atoms with Crippen molar-refractivity contribution in [3.05, 3.63) is 41.3 Å². The van der Waals surface area contributed by atoms with Crippen molar-refractivity contribution in [3.63, 3.8) is 0 Å². The van der Waals surface area contributed by atoms with Gasteiger partial charge in [0.05, 0.1) is 17.8 Å². The number of benzene rings is 1. The van der Waals surface area contributed by atoms with Crippen LogP contribution in [-0.2, 0) is 12.7 Å². The van der Waals surface area contributed by atoms with Crippen LogP contribution in [0.5, 0.6) is 0 Å². The second-order valence-electron chi connectivity index (χ2n) is 5.32. The molecule has 10 heteroatoms. The normalized spacial score (nSPS) is 14.5. The smallest absolute Gasteiger partial charge is 0.339 e. The molecule has 1 fully saturated rings. The van der Waals surface area contributed by atoms with Gasteiger partial charge >= 0.3 is 12.2 Å². The second kappa shape index (κ2) is 6.10. The number of rotatable bonds is 4. The van der Waals surface area contributed by atoms with Crippen molar-refractivity contribution in [3.8, 4) is 0 Å². The van der Waals surface area contributed by atoms with Crippen molar-refractivity contribution < 1.29 is 26.9 Å². The van der Waals surface area contributed by atoms with Crippen LogP contribution < -0.4 is 10.6 Å². The first-order valence-corrected chi connectivity index (χ1v) is 7.07. The van der Waals surface area contributed by atoms with E-state index >= 15 is 0 Å². The highest BCUT2D eigenvalue weighted by Crippen LogP contribution is 2.38. The molecular formula is C14H12F4N4O2. The summed E-state index contributed by atoms with van der Waals surface area (Å²) >= 11 is 0. The molecule has 6 nitrogen and oxygen atoms in total. The van der Waals surface area contributed by atoms with Gasteiger partial charge in [0, 0.05) is 5.92 Å². The average Bonchev–Trinajstić information content (AvgIpc) is 3.25. The van der Waals surface area contributed by atoms with Gasteiger partial charge in [-0.1, -0.05) is 5.16 Å². The van der Waals surface area contributed by atoms with Crippen LogP contribution in [0.3, 0.4) is 0 Å². The third-order valence-electron chi connectivity index (χ3n) is 3.35. The molecule has 128 valence electrons. The number of carbonyl (C=O) groups is 1. The van der Waals surface area contributed by atoms with E-state index in [1.54, 1.807) is 0 Å². The molecule has 0 atom stereocenters. The van der Waals surface area contributed by atoms with Crippen LogP contribution in [0, 0.1) is 5.82 Å². The highest BCUT2D eigenvalue weighted by atomic mass is 19.4. The number of alkyl halides is 3. The minimum Gasteiger partial charge on any atom is -0.339 e. The number of aromatic nitrogens is 2. The zero-order chi connectivity index (χ0) is 17.3. The quantitative estimate of drug-likeness (QED) is 0.833. The Morgan fingerprint density at radius 2 is 2.08 bits per heavy atom. The molecule has 0 aliphatic heterocycles. The molecule has 2 aromatic rings. The lowest BCUT2D eigenvalue weighted by Gasteiger charge is -2.14. The Labute approximate surface area is 133 Å². The van der Waals surface area contributed by atoms with E-state index in [0.29, 0.717) is 12.0 Å². The fourth-order valence-corrected chi connectivity index (χ4v) is 2.02. The Morgan fingerprint density at radius 1 is 1.33 bits per heavy atom. The van der Waals surface area contributed by atoms with Crippen LogP contribution in [-0.4, -0.2) is 16.2 Å². The number of carbonyl (C=O) groups excluding carboxylic acids is 1. The minimum absolute atomic E-state index is 0.107. The Morgan fingerprint density at radius 3 is 2.75 bits per heavy atom. The number of hydrogen-bond acceptors (Lipinski definition) is 4. The molecule has 1 aliphatic carbocycles. The first-order valence-electron chi connectivity index (χ1n) is 7.07. The number of amides is 2. The van der Waals surface area contributed by atoms with E-state index in [1.165, 1.54) is 0 Å². The largest absolute Gasteiger partial charge is 0.418 e. The number of anilines is 1. The summed E-state index contributed by atoms with van der Waals surface area (Å²) in [6.45, 7) is -0.107. The highest BCUT2D eigenvalue weighted by Gasteiger charge is 2.34. The Hall–Kier alpha value is -2.65. The molecule has 1 aromatic heterocycles. The molecule has 0 bridgehead atoms. The number of nitrogens with zero attached hydrogens (tertiary/aromatic N) is 2. The maximum atomic E-state index is 13.0. The lowest BCUT2D eigenvalue weighted by Crippen LogP contribution is -2.29. The molecule has 24 heavy (non-hydrogen) atoms. The zero-order valence-electron chi connectivity index (χ0n) is 12.2. The molecule has 2 amide bonds. The first kappa shape index (κ1) is 16.2. The molecule has 1 saturated carbocycles.